The lowest BCUT2D eigenvalue weighted by Crippen LogP contribution is -2.23. The summed E-state index contributed by atoms with van der Waals surface area (Å²) in [6.07, 6.45) is 5.23. The van der Waals surface area contributed by atoms with E-state index in [1.165, 1.54) is 11.1 Å². The second kappa shape index (κ2) is 8.70. The number of nitrogens with one attached hydrogen (secondary N) is 1. The number of benzene rings is 1. The van der Waals surface area contributed by atoms with Crippen LogP contribution < -0.4 is 5.32 Å². The smallest absolute Gasteiger partial charge is 0.303 e. The molecule has 1 aromatic rings. The van der Waals surface area contributed by atoms with E-state index in [1.54, 1.807) is 0 Å². The second-order valence-electron chi connectivity index (χ2n) is 5.16. The quantitative estimate of drug-likeness (QED) is 0.673. The van der Waals surface area contributed by atoms with Crippen LogP contribution in [0.1, 0.15) is 43.7 Å². The van der Waals surface area contributed by atoms with Crippen LogP contribution in [-0.2, 0) is 17.6 Å². The first-order valence-electron chi connectivity index (χ1n) is 7.08. The summed E-state index contributed by atoms with van der Waals surface area (Å²) in [7, 11) is 1.98. The van der Waals surface area contributed by atoms with Gasteiger partial charge in [0, 0.05) is 12.5 Å². The van der Waals surface area contributed by atoms with Gasteiger partial charge in [0.25, 0.3) is 0 Å². The van der Waals surface area contributed by atoms with Gasteiger partial charge in [-0.05, 0) is 50.8 Å². The molecular formula is C16H25NO2. The maximum absolute atomic E-state index is 10.4. The minimum Gasteiger partial charge on any atom is -0.481 e. The molecule has 19 heavy (non-hydrogen) atoms. The summed E-state index contributed by atoms with van der Waals surface area (Å²) in [5.74, 6) is -0.692. The Morgan fingerprint density at radius 2 is 1.79 bits per heavy atom. The number of carboxylic acid groups (broad SMARTS) is 1. The van der Waals surface area contributed by atoms with E-state index in [1.807, 2.05) is 7.05 Å². The van der Waals surface area contributed by atoms with Gasteiger partial charge in [0.05, 0.1) is 0 Å². The monoisotopic (exact) mass is 263 g/mol. The Balaban J connectivity index is 2.26. The Morgan fingerprint density at radius 3 is 2.37 bits per heavy atom. The molecule has 0 unspecified atom stereocenters. The highest BCUT2D eigenvalue weighted by Gasteiger charge is 2.01. The number of rotatable bonds is 9. The Kier molecular flexibility index (Phi) is 7.19. The highest BCUT2D eigenvalue weighted by Crippen LogP contribution is 2.11. The standard InChI is InChI=1S/C16H25NO2/c1-13(17-2)12-15-10-8-14(9-11-15)6-4-3-5-7-16(18)19/h8-11,13,17H,3-7,12H2,1-2H3,(H,18,19)/t13-/m1/s1. The predicted octanol–water partition coefficient (Wildman–Crippen LogP) is 3.02. The van der Waals surface area contributed by atoms with Gasteiger partial charge in [-0.1, -0.05) is 30.7 Å². The molecule has 0 saturated carbocycles. The van der Waals surface area contributed by atoms with Crippen molar-refractivity contribution in [3.05, 3.63) is 35.4 Å². The molecule has 106 valence electrons. The van der Waals surface area contributed by atoms with Gasteiger partial charge >= 0.3 is 5.97 Å². The van der Waals surface area contributed by atoms with E-state index in [4.69, 9.17) is 5.11 Å². The van der Waals surface area contributed by atoms with Crippen LogP contribution in [0.15, 0.2) is 24.3 Å². The molecule has 1 atom stereocenters. The number of hydrogen-bond donors (Lipinski definition) is 2. The molecule has 0 bridgehead atoms. The van der Waals surface area contributed by atoms with Gasteiger partial charge in [-0.2, -0.15) is 0 Å². The van der Waals surface area contributed by atoms with Crippen LogP contribution in [0.2, 0.25) is 0 Å². The fraction of sp³-hybridized carbons (Fsp3) is 0.562. The van der Waals surface area contributed by atoms with Crippen LogP contribution in [0.3, 0.4) is 0 Å². The van der Waals surface area contributed by atoms with Crippen molar-refractivity contribution < 1.29 is 9.90 Å². The van der Waals surface area contributed by atoms with Crippen LogP contribution in [0.4, 0.5) is 0 Å². The first-order chi connectivity index (χ1) is 9.11. The number of hydrogen-bond acceptors (Lipinski definition) is 2. The van der Waals surface area contributed by atoms with Gasteiger partial charge in [-0.25, -0.2) is 0 Å². The van der Waals surface area contributed by atoms with Crippen molar-refractivity contribution in [2.45, 2.75) is 51.5 Å². The van der Waals surface area contributed by atoms with Crippen LogP contribution in [-0.4, -0.2) is 24.2 Å². The largest absolute Gasteiger partial charge is 0.481 e. The van der Waals surface area contributed by atoms with Gasteiger partial charge in [-0.15, -0.1) is 0 Å². The molecular weight excluding hydrogens is 238 g/mol. The van der Waals surface area contributed by atoms with E-state index in [0.29, 0.717) is 12.5 Å². The number of aliphatic carboxylic acids is 1. The van der Waals surface area contributed by atoms with E-state index in [-0.39, 0.29) is 0 Å². The fourth-order valence-corrected chi connectivity index (χ4v) is 2.08. The lowest BCUT2D eigenvalue weighted by Gasteiger charge is -2.10. The van der Waals surface area contributed by atoms with Gasteiger partial charge < -0.3 is 10.4 Å². The molecule has 0 heterocycles. The van der Waals surface area contributed by atoms with Crippen molar-refractivity contribution in [2.24, 2.45) is 0 Å². The third kappa shape index (κ3) is 6.97. The summed E-state index contributed by atoms with van der Waals surface area (Å²) in [4.78, 5) is 10.4. The molecule has 1 rings (SSSR count). The molecule has 0 aliphatic carbocycles. The van der Waals surface area contributed by atoms with E-state index in [9.17, 15) is 4.79 Å². The Bertz CT molecular complexity index is 373. The van der Waals surface area contributed by atoms with Gasteiger partial charge in [-0.3, -0.25) is 4.79 Å². The van der Waals surface area contributed by atoms with Gasteiger partial charge in [0.15, 0.2) is 0 Å². The minimum absolute atomic E-state index is 0.293. The van der Waals surface area contributed by atoms with Crippen molar-refractivity contribution >= 4 is 5.97 Å². The number of aryl methyl sites for hydroxylation is 1. The molecule has 3 heteroatoms. The van der Waals surface area contributed by atoms with Crippen LogP contribution in [0, 0.1) is 0 Å². The average Bonchev–Trinajstić information content (AvgIpc) is 2.39. The zero-order valence-corrected chi connectivity index (χ0v) is 12.0. The molecule has 0 saturated heterocycles. The summed E-state index contributed by atoms with van der Waals surface area (Å²) in [6.45, 7) is 2.18. The first kappa shape index (κ1) is 15.7. The molecule has 0 amide bonds. The number of likely N-dealkylation sites (N-methyl/N-ethyl adjacent to an activating group) is 1. The number of carboxylic acids is 1. The van der Waals surface area contributed by atoms with Gasteiger partial charge in [0.2, 0.25) is 0 Å². The Labute approximate surface area is 116 Å². The zero-order chi connectivity index (χ0) is 14.1. The Morgan fingerprint density at radius 1 is 1.16 bits per heavy atom. The van der Waals surface area contributed by atoms with Crippen molar-refractivity contribution in [2.75, 3.05) is 7.05 Å². The highest BCUT2D eigenvalue weighted by atomic mass is 16.4. The topological polar surface area (TPSA) is 49.3 Å². The summed E-state index contributed by atoms with van der Waals surface area (Å²) in [5, 5.41) is 11.8. The van der Waals surface area contributed by atoms with Crippen molar-refractivity contribution in [1.29, 1.82) is 0 Å². The lowest BCUT2D eigenvalue weighted by molar-refractivity contribution is -0.137. The van der Waals surface area contributed by atoms with E-state index in [2.05, 4.69) is 36.5 Å². The molecule has 2 N–H and O–H groups in total. The minimum atomic E-state index is -0.692. The van der Waals surface area contributed by atoms with Crippen LogP contribution in [0.25, 0.3) is 0 Å². The molecule has 0 aliphatic heterocycles. The van der Waals surface area contributed by atoms with Gasteiger partial charge in [0.1, 0.15) is 0 Å². The summed E-state index contributed by atoms with van der Waals surface area (Å²) < 4.78 is 0. The van der Waals surface area contributed by atoms with Crippen molar-refractivity contribution in [3.63, 3.8) is 0 Å². The second-order valence-corrected chi connectivity index (χ2v) is 5.16. The predicted molar refractivity (Wildman–Crippen MR) is 78.5 cm³/mol. The molecule has 0 radical (unpaired) electrons. The van der Waals surface area contributed by atoms with Crippen molar-refractivity contribution in [1.82, 2.24) is 5.32 Å². The van der Waals surface area contributed by atoms with E-state index in [0.717, 1.165) is 32.1 Å². The molecule has 0 aromatic heterocycles. The van der Waals surface area contributed by atoms with E-state index < -0.39 is 5.97 Å². The molecule has 0 fully saturated rings. The maximum atomic E-state index is 10.4. The van der Waals surface area contributed by atoms with Crippen LogP contribution >= 0.6 is 0 Å². The third-order valence-electron chi connectivity index (χ3n) is 3.41. The number of unbranched alkanes of at least 4 members (excludes halogenated alkanes) is 2. The van der Waals surface area contributed by atoms with Crippen molar-refractivity contribution in [3.8, 4) is 0 Å². The van der Waals surface area contributed by atoms with Crippen LogP contribution in [0.5, 0.6) is 0 Å². The molecule has 3 nitrogen and oxygen atoms in total. The zero-order valence-electron chi connectivity index (χ0n) is 12.0. The fourth-order valence-electron chi connectivity index (χ4n) is 2.08. The normalized spacial score (nSPS) is 12.3. The van der Waals surface area contributed by atoms with E-state index >= 15 is 0 Å². The SMILES string of the molecule is CN[C@H](C)Cc1ccc(CCCCCC(=O)O)cc1. The maximum Gasteiger partial charge on any atom is 0.303 e. The summed E-state index contributed by atoms with van der Waals surface area (Å²) in [6, 6.07) is 9.27. The highest BCUT2D eigenvalue weighted by molar-refractivity contribution is 5.66. The summed E-state index contributed by atoms with van der Waals surface area (Å²) in [5.41, 5.74) is 2.70. The summed E-state index contributed by atoms with van der Waals surface area (Å²) >= 11 is 0. The molecule has 1 aromatic carbocycles. The third-order valence-corrected chi connectivity index (χ3v) is 3.41. The molecule has 0 spiro atoms. The molecule has 0 aliphatic rings. The first-order valence-corrected chi connectivity index (χ1v) is 7.08. The Hall–Kier alpha value is -1.35. The number of carbonyl (C=O) groups is 1. The average molecular weight is 263 g/mol. The lowest BCUT2D eigenvalue weighted by atomic mass is 10.0.